The van der Waals surface area contributed by atoms with Gasteiger partial charge in [0.05, 0.1) is 0 Å². The number of hydrogen-bond acceptors (Lipinski definition) is 2. The van der Waals surface area contributed by atoms with Gasteiger partial charge in [0, 0.05) is 12.3 Å². The minimum atomic E-state index is -1.46. The molecule has 3 heteroatoms. The first kappa shape index (κ1) is 12.1. The summed E-state index contributed by atoms with van der Waals surface area (Å²) >= 11 is 0. The molecule has 0 bridgehead atoms. The van der Waals surface area contributed by atoms with Gasteiger partial charge in [-0.1, -0.05) is 13.8 Å². The van der Waals surface area contributed by atoms with Gasteiger partial charge in [-0.15, -0.1) is 0 Å². The van der Waals surface area contributed by atoms with Gasteiger partial charge < -0.3 is 9.74 Å². The Balaban J connectivity index is 4.05. The Labute approximate surface area is 77.8 Å². The molecule has 1 atom stereocenters. The molecule has 1 unspecified atom stereocenters. The topological polar surface area (TPSA) is 21.3 Å². The lowest BCUT2D eigenvalue weighted by molar-refractivity contribution is 0.312. The molecule has 0 aliphatic carbocycles. The maximum Gasteiger partial charge on any atom is 0.203 e. The molecule has 0 saturated heterocycles. The summed E-state index contributed by atoms with van der Waals surface area (Å²) in [5, 5.41) is 3.49. The molecule has 0 amide bonds. The van der Waals surface area contributed by atoms with Crippen LogP contribution in [0, 0.1) is 0 Å². The molecule has 0 aromatic rings. The van der Waals surface area contributed by atoms with Crippen molar-refractivity contribution in [3.63, 3.8) is 0 Å². The van der Waals surface area contributed by atoms with Gasteiger partial charge >= 0.3 is 0 Å². The van der Waals surface area contributed by atoms with E-state index in [-0.39, 0.29) is 0 Å². The van der Waals surface area contributed by atoms with E-state index >= 15 is 0 Å². The highest BCUT2D eigenvalue weighted by atomic mass is 28.4. The zero-order valence-electron chi connectivity index (χ0n) is 9.11. The Kier molecular flexibility index (Phi) is 5.79. The molecule has 0 radical (unpaired) electrons. The first-order valence-corrected chi connectivity index (χ1v) is 7.94. The van der Waals surface area contributed by atoms with Crippen LogP contribution in [0.4, 0.5) is 0 Å². The summed E-state index contributed by atoms with van der Waals surface area (Å²) in [6, 6.07) is 0. The normalized spacial score (nSPS) is 14.8. The van der Waals surface area contributed by atoms with Gasteiger partial charge in [-0.05, 0) is 33.0 Å². The van der Waals surface area contributed by atoms with Crippen molar-refractivity contribution >= 4 is 8.32 Å². The predicted octanol–water partition coefficient (Wildman–Crippen LogP) is 2.16. The lowest BCUT2D eigenvalue weighted by Gasteiger charge is -2.31. The molecule has 0 rings (SSSR count). The van der Waals surface area contributed by atoms with Crippen LogP contribution in [-0.2, 0) is 4.43 Å². The SMILES string of the molecule is CCNC(CC)[Si](C)(C)OCC. The van der Waals surface area contributed by atoms with Crippen molar-refractivity contribution in [3.05, 3.63) is 0 Å². The zero-order chi connectivity index (χ0) is 9.61. The number of rotatable bonds is 6. The van der Waals surface area contributed by atoms with Gasteiger partial charge in [0.25, 0.3) is 0 Å². The second-order valence-electron chi connectivity index (χ2n) is 3.55. The van der Waals surface area contributed by atoms with E-state index in [2.05, 4.69) is 39.2 Å². The van der Waals surface area contributed by atoms with Crippen molar-refractivity contribution in [2.24, 2.45) is 0 Å². The van der Waals surface area contributed by atoms with Crippen LogP contribution in [0.3, 0.4) is 0 Å². The molecule has 0 heterocycles. The quantitative estimate of drug-likeness (QED) is 0.647. The van der Waals surface area contributed by atoms with E-state index in [1.165, 1.54) is 6.42 Å². The fourth-order valence-corrected chi connectivity index (χ4v) is 4.22. The first-order chi connectivity index (χ1) is 5.58. The molecule has 0 aliphatic heterocycles. The molecule has 0 spiro atoms. The average molecular weight is 189 g/mol. The molecule has 1 N–H and O–H groups in total. The summed E-state index contributed by atoms with van der Waals surface area (Å²) in [6.45, 7) is 12.9. The molecule has 74 valence electrons. The Bertz CT molecular complexity index is 117. The van der Waals surface area contributed by atoms with E-state index in [9.17, 15) is 0 Å². The minimum absolute atomic E-state index is 0.599. The van der Waals surface area contributed by atoms with Gasteiger partial charge in [-0.25, -0.2) is 0 Å². The van der Waals surface area contributed by atoms with E-state index < -0.39 is 8.32 Å². The molecule has 0 aliphatic rings. The van der Waals surface area contributed by atoms with E-state index in [4.69, 9.17) is 4.43 Å². The maximum atomic E-state index is 5.81. The minimum Gasteiger partial charge on any atom is -0.416 e. The highest BCUT2D eigenvalue weighted by Crippen LogP contribution is 2.12. The smallest absolute Gasteiger partial charge is 0.203 e. The van der Waals surface area contributed by atoms with Gasteiger partial charge in [-0.3, -0.25) is 0 Å². The van der Waals surface area contributed by atoms with Gasteiger partial charge in [0.1, 0.15) is 0 Å². The Morgan fingerprint density at radius 3 is 2.17 bits per heavy atom. The van der Waals surface area contributed by atoms with Crippen molar-refractivity contribution in [1.29, 1.82) is 0 Å². The molecule has 12 heavy (non-hydrogen) atoms. The Morgan fingerprint density at radius 2 is 1.83 bits per heavy atom. The van der Waals surface area contributed by atoms with Crippen LogP contribution in [0.2, 0.25) is 13.1 Å². The highest BCUT2D eigenvalue weighted by molar-refractivity contribution is 6.72. The lowest BCUT2D eigenvalue weighted by Crippen LogP contribution is -2.52. The van der Waals surface area contributed by atoms with Crippen LogP contribution in [0.1, 0.15) is 27.2 Å². The fourth-order valence-electron chi connectivity index (χ4n) is 1.60. The molecule has 2 nitrogen and oxygen atoms in total. The maximum absolute atomic E-state index is 5.81. The zero-order valence-corrected chi connectivity index (χ0v) is 10.1. The molecular formula is C9H23NOSi. The summed E-state index contributed by atoms with van der Waals surface area (Å²) in [7, 11) is -1.46. The van der Waals surface area contributed by atoms with Crippen LogP contribution >= 0.6 is 0 Å². The molecule has 0 fully saturated rings. The predicted molar refractivity (Wildman–Crippen MR) is 56.9 cm³/mol. The van der Waals surface area contributed by atoms with E-state index in [1.807, 2.05) is 0 Å². The van der Waals surface area contributed by atoms with Crippen molar-refractivity contribution in [3.8, 4) is 0 Å². The third-order valence-electron chi connectivity index (χ3n) is 2.21. The Hall–Kier alpha value is 0.137. The second-order valence-corrected chi connectivity index (χ2v) is 7.75. The van der Waals surface area contributed by atoms with Crippen molar-refractivity contribution < 1.29 is 4.43 Å². The summed E-state index contributed by atoms with van der Waals surface area (Å²) in [4.78, 5) is 0. The summed E-state index contributed by atoms with van der Waals surface area (Å²) in [6.07, 6.45) is 1.17. The average Bonchev–Trinajstić information content (AvgIpc) is 1.99. The first-order valence-electron chi connectivity index (χ1n) is 4.95. The van der Waals surface area contributed by atoms with E-state index in [0.29, 0.717) is 5.67 Å². The highest BCUT2D eigenvalue weighted by Gasteiger charge is 2.31. The summed E-state index contributed by atoms with van der Waals surface area (Å²) in [5.41, 5.74) is 0.599. The molecule has 0 aromatic carbocycles. The third kappa shape index (κ3) is 3.69. The lowest BCUT2D eigenvalue weighted by atomic mass is 10.5. The van der Waals surface area contributed by atoms with E-state index in [0.717, 1.165) is 13.2 Å². The van der Waals surface area contributed by atoms with Crippen LogP contribution in [-0.4, -0.2) is 27.1 Å². The number of nitrogens with one attached hydrogen (secondary N) is 1. The fraction of sp³-hybridized carbons (Fsp3) is 1.00. The van der Waals surface area contributed by atoms with Crippen LogP contribution < -0.4 is 5.32 Å². The molecular weight excluding hydrogens is 166 g/mol. The standard InChI is InChI=1S/C9H23NOSi/c1-6-9(10-7-2)12(4,5)11-8-3/h9-10H,6-8H2,1-5H3. The van der Waals surface area contributed by atoms with Crippen LogP contribution in [0.5, 0.6) is 0 Å². The second kappa shape index (κ2) is 5.73. The van der Waals surface area contributed by atoms with Crippen molar-refractivity contribution in [1.82, 2.24) is 5.32 Å². The Morgan fingerprint density at radius 1 is 1.25 bits per heavy atom. The van der Waals surface area contributed by atoms with E-state index in [1.54, 1.807) is 0 Å². The van der Waals surface area contributed by atoms with Crippen molar-refractivity contribution in [2.75, 3.05) is 13.2 Å². The van der Waals surface area contributed by atoms with Gasteiger partial charge in [0.15, 0.2) is 0 Å². The van der Waals surface area contributed by atoms with Gasteiger partial charge in [0.2, 0.25) is 8.32 Å². The van der Waals surface area contributed by atoms with Crippen molar-refractivity contribution in [2.45, 2.75) is 46.0 Å². The molecule has 0 saturated carbocycles. The van der Waals surface area contributed by atoms with Gasteiger partial charge in [-0.2, -0.15) is 0 Å². The number of hydrogen-bond donors (Lipinski definition) is 1. The van der Waals surface area contributed by atoms with Crippen LogP contribution in [0.15, 0.2) is 0 Å². The summed E-state index contributed by atoms with van der Waals surface area (Å²) < 4.78 is 5.81. The monoisotopic (exact) mass is 189 g/mol. The largest absolute Gasteiger partial charge is 0.416 e. The third-order valence-corrected chi connectivity index (χ3v) is 5.54. The molecule has 0 aromatic heterocycles. The summed E-state index contributed by atoms with van der Waals surface area (Å²) in [5.74, 6) is 0. The van der Waals surface area contributed by atoms with Crippen LogP contribution in [0.25, 0.3) is 0 Å².